The van der Waals surface area contributed by atoms with E-state index < -0.39 is 0 Å². The first-order valence-corrected chi connectivity index (χ1v) is 8.20. The number of nitrogens with zero attached hydrogens (tertiary/aromatic N) is 1. The Kier molecular flexibility index (Phi) is 8.55. The number of carbonyl (C=O) groups is 1. The number of halogens is 1. The minimum atomic E-state index is 0.273. The number of hydrogen-bond acceptors (Lipinski definition) is 1. The van der Waals surface area contributed by atoms with E-state index in [4.69, 9.17) is 0 Å². The number of aryl methyl sites for hydroxylation is 1. The number of amides is 1. The Balaban J connectivity index is 2.13. The quantitative estimate of drug-likeness (QED) is 0.495. The molecule has 1 rings (SSSR count). The van der Waals surface area contributed by atoms with E-state index in [1.165, 1.54) is 18.4 Å². The van der Waals surface area contributed by atoms with Crippen LogP contribution in [0.4, 0.5) is 0 Å². The first-order chi connectivity index (χ1) is 9.24. The van der Waals surface area contributed by atoms with Crippen LogP contribution in [0.5, 0.6) is 0 Å². The zero-order valence-electron chi connectivity index (χ0n) is 11.8. The van der Waals surface area contributed by atoms with Gasteiger partial charge in [0.25, 0.3) is 0 Å². The monoisotopic (exact) mass is 325 g/mol. The summed E-state index contributed by atoms with van der Waals surface area (Å²) in [5, 5.41) is 1.06. The summed E-state index contributed by atoms with van der Waals surface area (Å²) in [4.78, 5) is 13.8. The zero-order chi connectivity index (χ0) is 13.9. The molecular weight excluding hydrogens is 302 g/mol. The lowest BCUT2D eigenvalue weighted by molar-refractivity contribution is -0.130. The minimum absolute atomic E-state index is 0.273. The third-order valence-electron chi connectivity index (χ3n) is 3.25. The number of hydrogen-bond donors (Lipinski definition) is 0. The molecule has 0 N–H and O–H groups in total. The summed E-state index contributed by atoms with van der Waals surface area (Å²) < 4.78 is 0. The summed E-state index contributed by atoms with van der Waals surface area (Å²) in [6.45, 7) is 0.886. The third kappa shape index (κ3) is 7.36. The van der Waals surface area contributed by atoms with Gasteiger partial charge in [0.1, 0.15) is 0 Å². The highest BCUT2D eigenvalue weighted by atomic mass is 79.9. The maximum Gasteiger partial charge on any atom is 0.222 e. The molecule has 0 aromatic heterocycles. The van der Waals surface area contributed by atoms with Crippen LogP contribution in [0.25, 0.3) is 0 Å². The second-order valence-electron chi connectivity index (χ2n) is 4.90. The normalized spacial score (nSPS) is 10.4. The van der Waals surface area contributed by atoms with Crippen LogP contribution in [0.2, 0.25) is 0 Å². The molecule has 19 heavy (non-hydrogen) atoms. The van der Waals surface area contributed by atoms with Crippen LogP contribution in [0, 0.1) is 0 Å². The van der Waals surface area contributed by atoms with Gasteiger partial charge in [-0.2, -0.15) is 0 Å². The zero-order valence-corrected chi connectivity index (χ0v) is 13.4. The Labute approximate surface area is 125 Å². The predicted octanol–water partition coefficient (Wildman–Crippen LogP) is 4.03. The van der Waals surface area contributed by atoms with Crippen LogP contribution in [0.3, 0.4) is 0 Å². The fourth-order valence-electron chi connectivity index (χ4n) is 2.02. The maximum absolute atomic E-state index is 11.9. The lowest BCUT2D eigenvalue weighted by Gasteiger charge is -2.16. The lowest BCUT2D eigenvalue weighted by Crippen LogP contribution is -2.27. The number of rotatable bonds is 9. The van der Waals surface area contributed by atoms with Gasteiger partial charge < -0.3 is 4.90 Å². The maximum atomic E-state index is 11.9. The smallest absolute Gasteiger partial charge is 0.222 e. The van der Waals surface area contributed by atoms with Gasteiger partial charge in [0, 0.05) is 25.3 Å². The Bertz CT molecular complexity index is 353. The summed E-state index contributed by atoms with van der Waals surface area (Å²) in [5.74, 6) is 0.273. The standard InChI is InChI=1S/C16H24BrNO/c1-18(14-7-3-6-13-17)16(19)12-8-11-15-9-4-2-5-10-15/h2,4-5,9-10H,3,6-8,11-14H2,1H3. The van der Waals surface area contributed by atoms with E-state index in [9.17, 15) is 4.79 Å². The fourth-order valence-corrected chi connectivity index (χ4v) is 2.42. The van der Waals surface area contributed by atoms with Gasteiger partial charge in [0.05, 0.1) is 0 Å². The summed E-state index contributed by atoms with van der Waals surface area (Å²) in [6, 6.07) is 10.4. The van der Waals surface area contributed by atoms with Gasteiger partial charge in [-0.05, 0) is 31.2 Å². The molecular formula is C16H24BrNO. The van der Waals surface area contributed by atoms with Crippen molar-refractivity contribution in [2.45, 2.75) is 38.5 Å². The van der Waals surface area contributed by atoms with Crippen molar-refractivity contribution in [1.29, 1.82) is 0 Å². The van der Waals surface area contributed by atoms with Crippen LogP contribution in [0.15, 0.2) is 30.3 Å². The van der Waals surface area contributed by atoms with Gasteiger partial charge in [0.2, 0.25) is 5.91 Å². The first-order valence-electron chi connectivity index (χ1n) is 7.08. The summed E-state index contributed by atoms with van der Waals surface area (Å²) in [6.07, 6.45) is 6.07. The van der Waals surface area contributed by atoms with Crippen LogP contribution in [-0.2, 0) is 11.2 Å². The molecule has 0 heterocycles. The number of alkyl halides is 1. The van der Waals surface area contributed by atoms with E-state index in [1.54, 1.807) is 0 Å². The summed E-state index contributed by atoms with van der Waals surface area (Å²) in [7, 11) is 1.92. The number of unbranched alkanes of at least 4 members (excludes halogenated alkanes) is 2. The summed E-state index contributed by atoms with van der Waals surface area (Å²) >= 11 is 3.42. The van der Waals surface area contributed by atoms with Gasteiger partial charge >= 0.3 is 0 Å². The van der Waals surface area contributed by atoms with Crippen molar-refractivity contribution < 1.29 is 4.79 Å². The molecule has 0 aliphatic carbocycles. The van der Waals surface area contributed by atoms with Crippen molar-refractivity contribution in [1.82, 2.24) is 4.90 Å². The second-order valence-corrected chi connectivity index (χ2v) is 5.70. The first kappa shape index (κ1) is 16.2. The third-order valence-corrected chi connectivity index (χ3v) is 3.81. The molecule has 1 amide bonds. The number of benzene rings is 1. The molecule has 106 valence electrons. The van der Waals surface area contributed by atoms with Crippen molar-refractivity contribution in [3.63, 3.8) is 0 Å². The minimum Gasteiger partial charge on any atom is -0.346 e. The molecule has 2 nitrogen and oxygen atoms in total. The van der Waals surface area contributed by atoms with Gasteiger partial charge in [-0.1, -0.05) is 52.7 Å². The Morgan fingerprint density at radius 1 is 1.11 bits per heavy atom. The molecule has 0 unspecified atom stereocenters. The van der Waals surface area contributed by atoms with Crippen molar-refractivity contribution in [3.8, 4) is 0 Å². The van der Waals surface area contributed by atoms with Crippen LogP contribution in [0.1, 0.15) is 37.7 Å². The molecule has 0 atom stereocenters. The molecule has 0 fully saturated rings. The number of carbonyl (C=O) groups excluding carboxylic acids is 1. The van der Waals surface area contributed by atoms with Crippen molar-refractivity contribution >= 4 is 21.8 Å². The average Bonchev–Trinajstić information content (AvgIpc) is 2.44. The Hall–Kier alpha value is -0.830. The van der Waals surface area contributed by atoms with E-state index in [-0.39, 0.29) is 5.91 Å². The molecule has 1 aromatic rings. The van der Waals surface area contributed by atoms with Gasteiger partial charge in [0.15, 0.2) is 0 Å². The molecule has 0 spiro atoms. The highest BCUT2D eigenvalue weighted by Gasteiger charge is 2.07. The highest BCUT2D eigenvalue weighted by Crippen LogP contribution is 2.07. The topological polar surface area (TPSA) is 20.3 Å². The van der Waals surface area contributed by atoms with E-state index in [1.807, 2.05) is 30.1 Å². The fraction of sp³-hybridized carbons (Fsp3) is 0.562. The van der Waals surface area contributed by atoms with Gasteiger partial charge in [-0.15, -0.1) is 0 Å². The Morgan fingerprint density at radius 3 is 2.53 bits per heavy atom. The molecule has 0 aliphatic rings. The second kappa shape index (κ2) is 10.0. The SMILES string of the molecule is CN(CCCCCBr)C(=O)CCCc1ccccc1. The molecule has 0 saturated carbocycles. The molecule has 1 aromatic carbocycles. The largest absolute Gasteiger partial charge is 0.346 e. The van der Waals surface area contributed by atoms with E-state index in [0.717, 1.165) is 31.1 Å². The van der Waals surface area contributed by atoms with Crippen molar-refractivity contribution in [2.75, 3.05) is 18.9 Å². The van der Waals surface area contributed by atoms with Crippen molar-refractivity contribution in [2.24, 2.45) is 0 Å². The predicted molar refractivity (Wildman–Crippen MR) is 84.7 cm³/mol. The molecule has 0 saturated heterocycles. The van der Waals surface area contributed by atoms with Crippen LogP contribution >= 0.6 is 15.9 Å². The van der Waals surface area contributed by atoms with E-state index in [0.29, 0.717) is 6.42 Å². The molecule has 3 heteroatoms. The van der Waals surface area contributed by atoms with Crippen LogP contribution in [-0.4, -0.2) is 29.7 Å². The highest BCUT2D eigenvalue weighted by molar-refractivity contribution is 9.09. The van der Waals surface area contributed by atoms with Gasteiger partial charge in [-0.3, -0.25) is 4.79 Å². The lowest BCUT2D eigenvalue weighted by atomic mass is 10.1. The van der Waals surface area contributed by atoms with E-state index >= 15 is 0 Å². The van der Waals surface area contributed by atoms with Crippen molar-refractivity contribution in [3.05, 3.63) is 35.9 Å². The Morgan fingerprint density at radius 2 is 1.84 bits per heavy atom. The van der Waals surface area contributed by atoms with Gasteiger partial charge in [-0.25, -0.2) is 0 Å². The van der Waals surface area contributed by atoms with E-state index in [2.05, 4.69) is 28.1 Å². The van der Waals surface area contributed by atoms with Crippen LogP contribution < -0.4 is 0 Å². The average molecular weight is 326 g/mol. The molecule has 0 aliphatic heterocycles. The molecule has 0 radical (unpaired) electrons. The molecule has 0 bridgehead atoms. The summed E-state index contributed by atoms with van der Waals surface area (Å²) in [5.41, 5.74) is 1.32.